The fourth-order valence-corrected chi connectivity index (χ4v) is 3.15. The predicted octanol–water partition coefficient (Wildman–Crippen LogP) is 3.88. The van der Waals surface area contributed by atoms with Gasteiger partial charge in [0.1, 0.15) is 5.75 Å². The van der Waals surface area contributed by atoms with Crippen LogP contribution in [0.15, 0.2) is 54.7 Å². The maximum absolute atomic E-state index is 12.9. The van der Waals surface area contributed by atoms with E-state index in [0.29, 0.717) is 28.0 Å². The van der Waals surface area contributed by atoms with Crippen molar-refractivity contribution in [1.82, 2.24) is 14.8 Å². The van der Waals surface area contributed by atoms with Crippen LogP contribution < -0.4 is 0 Å². The summed E-state index contributed by atoms with van der Waals surface area (Å²) in [6, 6.07) is 12.5. The van der Waals surface area contributed by atoms with Crippen LogP contribution in [0, 0.1) is 24.0 Å². The number of benzene rings is 2. The zero-order valence-corrected chi connectivity index (χ0v) is 15.7. The molecule has 0 fully saturated rings. The molecule has 0 radical (unpaired) electrons. The normalized spacial score (nSPS) is 11.0. The minimum Gasteiger partial charge on any atom is -0.507 e. The number of aromatic hydroxyl groups is 1. The molecule has 0 saturated carbocycles. The van der Waals surface area contributed by atoms with E-state index in [1.165, 1.54) is 24.4 Å². The Morgan fingerprint density at radius 3 is 2.52 bits per heavy atom. The number of rotatable bonds is 4. The minimum absolute atomic E-state index is 0.0132. The quantitative estimate of drug-likeness (QED) is 0.323. The maximum atomic E-state index is 12.9. The number of hydrogen-bond acceptors (Lipinski definition) is 6. The van der Waals surface area contributed by atoms with Crippen LogP contribution in [-0.4, -0.2) is 30.6 Å². The average molecular weight is 388 g/mol. The smallest absolute Gasteiger partial charge is 0.269 e. The van der Waals surface area contributed by atoms with Crippen LogP contribution in [-0.2, 0) is 0 Å². The largest absolute Gasteiger partial charge is 0.507 e. The van der Waals surface area contributed by atoms with E-state index in [-0.39, 0.29) is 22.8 Å². The molecule has 8 nitrogen and oxygen atoms in total. The predicted molar refractivity (Wildman–Crippen MR) is 107 cm³/mol. The van der Waals surface area contributed by atoms with Gasteiger partial charge in [-0.2, -0.15) is 5.10 Å². The minimum atomic E-state index is -0.465. The van der Waals surface area contributed by atoms with Gasteiger partial charge in [-0.3, -0.25) is 14.9 Å². The van der Waals surface area contributed by atoms with Gasteiger partial charge in [0.2, 0.25) is 0 Å². The topological polar surface area (TPSA) is 111 Å². The molecule has 29 heavy (non-hydrogen) atoms. The number of nitrogens with zero attached hydrogens (tertiary/aromatic N) is 4. The van der Waals surface area contributed by atoms with Gasteiger partial charge in [0.25, 0.3) is 5.69 Å². The molecule has 4 rings (SSSR count). The lowest BCUT2D eigenvalue weighted by atomic mass is 10.0. The third-order valence-corrected chi connectivity index (χ3v) is 4.67. The molecule has 0 aliphatic heterocycles. The van der Waals surface area contributed by atoms with Crippen molar-refractivity contribution in [2.75, 3.05) is 0 Å². The number of carbonyl (C=O) groups excluding carboxylic acids is 1. The van der Waals surface area contributed by atoms with Crippen molar-refractivity contribution < 1.29 is 14.8 Å². The Morgan fingerprint density at radius 2 is 1.83 bits per heavy atom. The van der Waals surface area contributed by atoms with E-state index in [2.05, 4.69) is 10.1 Å². The van der Waals surface area contributed by atoms with Gasteiger partial charge < -0.3 is 5.11 Å². The summed E-state index contributed by atoms with van der Waals surface area (Å²) in [5.41, 5.74) is 3.21. The number of carbonyl (C=O) groups is 1. The van der Waals surface area contributed by atoms with Gasteiger partial charge in [-0.25, -0.2) is 9.67 Å². The zero-order chi connectivity index (χ0) is 20.7. The van der Waals surface area contributed by atoms with Gasteiger partial charge >= 0.3 is 0 Å². The Balaban J connectivity index is 1.78. The van der Waals surface area contributed by atoms with Crippen molar-refractivity contribution in [2.24, 2.45) is 0 Å². The van der Waals surface area contributed by atoms with Crippen LogP contribution in [0.3, 0.4) is 0 Å². The molecule has 0 amide bonds. The highest BCUT2D eigenvalue weighted by Crippen LogP contribution is 2.26. The summed E-state index contributed by atoms with van der Waals surface area (Å²) in [4.78, 5) is 27.6. The molecule has 0 spiro atoms. The molecule has 4 aromatic rings. The van der Waals surface area contributed by atoms with E-state index in [9.17, 15) is 20.0 Å². The number of aromatic nitrogens is 3. The highest BCUT2D eigenvalue weighted by Gasteiger charge is 2.18. The summed E-state index contributed by atoms with van der Waals surface area (Å²) in [6.45, 7) is 3.64. The molecular weight excluding hydrogens is 372 g/mol. The van der Waals surface area contributed by atoms with Gasteiger partial charge in [-0.15, -0.1) is 0 Å². The molecule has 144 valence electrons. The molecule has 0 bridgehead atoms. The molecule has 2 heterocycles. The van der Waals surface area contributed by atoms with E-state index in [1.807, 2.05) is 6.92 Å². The Morgan fingerprint density at radius 1 is 1.10 bits per heavy atom. The van der Waals surface area contributed by atoms with E-state index < -0.39 is 4.92 Å². The standard InChI is InChI=1S/C21H16N4O4/c1-12-3-8-19(26)18(9-12)20(27)14-10-17-13(2)23-24(21(17)22-11-14)15-4-6-16(7-5-15)25(28)29/h3-11,26H,1-2H3. The van der Waals surface area contributed by atoms with Crippen LogP contribution in [0.25, 0.3) is 16.7 Å². The van der Waals surface area contributed by atoms with Crippen molar-refractivity contribution >= 4 is 22.5 Å². The zero-order valence-electron chi connectivity index (χ0n) is 15.7. The number of pyridine rings is 1. The lowest BCUT2D eigenvalue weighted by molar-refractivity contribution is -0.384. The van der Waals surface area contributed by atoms with Gasteiger partial charge in [0.15, 0.2) is 11.4 Å². The molecule has 0 saturated heterocycles. The summed E-state index contributed by atoms with van der Waals surface area (Å²) >= 11 is 0. The SMILES string of the molecule is Cc1ccc(O)c(C(=O)c2cnc3c(c2)c(C)nn3-c2ccc([N+](=O)[O-])cc2)c1. The van der Waals surface area contributed by atoms with Crippen LogP contribution in [0.2, 0.25) is 0 Å². The van der Waals surface area contributed by atoms with Crippen molar-refractivity contribution in [3.05, 3.63) is 87.2 Å². The van der Waals surface area contributed by atoms with Crippen LogP contribution >= 0.6 is 0 Å². The van der Waals surface area contributed by atoms with Crippen molar-refractivity contribution in [3.8, 4) is 11.4 Å². The fourth-order valence-electron chi connectivity index (χ4n) is 3.15. The summed E-state index contributed by atoms with van der Waals surface area (Å²) < 4.78 is 1.58. The van der Waals surface area contributed by atoms with Gasteiger partial charge in [-0.05, 0) is 44.2 Å². The van der Waals surface area contributed by atoms with E-state index in [1.54, 1.807) is 41.9 Å². The Kier molecular flexibility index (Phi) is 4.31. The first kappa shape index (κ1) is 18.3. The second-order valence-electron chi connectivity index (χ2n) is 6.72. The second-order valence-corrected chi connectivity index (χ2v) is 6.72. The van der Waals surface area contributed by atoms with Gasteiger partial charge in [0.05, 0.1) is 21.9 Å². The maximum Gasteiger partial charge on any atom is 0.269 e. The van der Waals surface area contributed by atoms with Crippen LogP contribution in [0.4, 0.5) is 5.69 Å². The second kappa shape index (κ2) is 6.83. The molecule has 8 heteroatoms. The average Bonchev–Trinajstić information content (AvgIpc) is 3.05. The Hall–Kier alpha value is -4.07. The number of non-ortho nitro benzene ring substituents is 1. The molecule has 0 atom stereocenters. The number of fused-ring (bicyclic) bond motifs is 1. The van der Waals surface area contributed by atoms with Crippen molar-refractivity contribution in [2.45, 2.75) is 13.8 Å². The molecule has 2 aromatic heterocycles. The molecule has 1 N–H and O–H groups in total. The molecule has 0 aliphatic rings. The number of ketones is 1. The third kappa shape index (κ3) is 3.20. The monoisotopic (exact) mass is 388 g/mol. The fraction of sp³-hybridized carbons (Fsp3) is 0.0952. The number of hydrogen-bond donors (Lipinski definition) is 1. The number of aryl methyl sites for hydroxylation is 2. The van der Waals surface area contributed by atoms with Gasteiger partial charge in [0, 0.05) is 29.3 Å². The van der Waals surface area contributed by atoms with Crippen LogP contribution in [0.5, 0.6) is 5.75 Å². The number of phenols is 1. The van der Waals surface area contributed by atoms with Crippen molar-refractivity contribution in [1.29, 1.82) is 0 Å². The number of phenolic OH excluding ortho intramolecular Hbond substituents is 1. The van der Waals surface area contributed by atoms with E-state index >= 15 is 0 Å². The summed E-state index contributed by atoms with van der Waals surface area (Å²) in [7, 11) is 0. The highest BCUT2D eigenvalue weighted by atomic mass is 16.6. The highest BCUT2D eigenvalue weighted by molar-refractivity contribution is 6.11. The first-order valence-electron chi connectivity index (χ1n) is 8.79. The number of nitro groups is 1. The van der Waals surface area contributed by atoms with E-state index in [4.69, 9.17) is 0 Å². The van der Waals surface area contributed by atoms with Crippen LogP contribution in [0.1, 0.15) is 27.2 Å². The lowest BCUT2D eigenvalue weighted by Gasteiger charge is -2.06. The van der Waals surface area contributed by atoms with Gasteiger partial charge in [-0.1, -0.05) is 11.6 Å². The Labute approximate surface area is 165 Å². The molecule has 0 aliphatic carbocycles. The molecular formula is C21H16N4O4. The summed E-state index contributed by atoms with van der Waals surface area (Å²) in [6.07, 6.45) is 1.44. The third-order valence-electron chi connectivity index (χ3n) is 4.67. The summed E-state index contributed by atoms with van der Waals surface area (Å²) in [5.74, 6) is -0.415. The first-order chi connectivity index (χ1) is 13.8. The molecule has 0 unspecified atom stereocenters. The van der Waals surface area contributed by atoms with Crippen molar-refractivity contribution in [3.63, 3.8) is 0 Å². The molecule has 2 aromatic carbocycles. The van der Waals surface area contributed by atoms with E-state index in [0.717, 1.165) is 5.56 Å². The first-order valence-corrected chi connectivity index (χ1v) is 8.79. The Bertz CT molecular complexity index is 1280. The lowest BCUT2D eigenvalue weighted by Crippen LogP contribution is -2.04. The summed E-state index contributed by atoms with van der Waals surface area (Å²) in [5, 5.41) is 26.0. The number of nitro benzene ring substituents is 1.